The van der Waals surface area contributed by atoms with Gasteiger partial charge >= 0.3 is 0 Å². The maximum Gasteiger partial charge on any atom is 0.271 e. The minimum Gasteiger partial charge on any atom is -0.330 e. The van der Waals surface area contributed by atoms with E-state index < -0.39 is 14.8 Å². The van der Waals surface area contributed by atoms with Crippen LogP contribution in [-0.2, 0) is 22.6 Å². The number of hydrogen-bond acceptors (Lipinski definition) is 5. The first-order valence-corrected chi connectivity index (χ1v) is 8.41. The second kappa shape index (κ2) is 5.47. The highest BCUT2D eigenvalue weighted by Gasteiger charge is 2.20. The van der Waals surface area contributed by atoms with Crippen LogP contribution < -0.4 is 0 Å². The van der Waals surface area contributed by atoms with Crippen LogP contribution in [0.15, 0.2) is 53.4 Å². The van der Waals surface area contributed by atoms with Crippen LogP contribution in [0.5, 0.6) is 0 Å². The number of sulfone groups is 1. The molecule has 0 spiro atoms. The van der Waals surface area contributed by atoms with Crippen LogP contribution >= 0.6 is 0 Å². The second-order valence-corrected chi connectivity index (χ2v) is 7.08. The molecule has 1 aromatic heterocycles. The quantitative estimate of drug-likeness (QED) is 0.540. The predicted octanol–water partition coefficient (Wildman–Crippen LogP) is 2.46. The third kappa shape index (κ3) is 2.80. The molecule has 23 heavy (non-hydrogen) atoms. The van der Waals surface area contributed by atoms with Gasteiger partial charge in [-0.25, -0.2) is 13.4 Å². The molecule has 0 N–H and O–H groups in total. The van der Waals surface area contributed by atoms with Gasteiger partial charge in [0.25, 0.3) is 5.69 Å². The second-order valence-electron chi connectivity index (χ2n) is 5.09. The molecule has 2 aromatic carbocycles. The normalized spacial score (nSPS) is 11.7. The zero-order chi connectivity index (χ0) is 16.6. The van der Waals surface area contributed by atoms with Crippen molar-refractivity contribution < 1.29 is 13.3 Å². The molecule has 0 saturated carbocycles. The highest BCUT2D eigenvalue weighted by Crippen LogP contribution is 2.23. The van der Waals surface area contributed by atoms with Crippen LogP contribution in [0, 0.1) is 10.1 Å². The third-order valence-electron chi connectivity index (χ3n) is 3.59. The Kier molecular flexibility index (Phi) is 3.61. The molecular formula is C15H13N3O4S. The van der Waals surface area contributed by atoms with E-state index in [9.17, 15) is 18.5 Å². The van der Waals surface area contributed by atoms with Crippen molar-refractivity contribution in [2.75, 3.05) is 0 Å². The summed E-state index contributed by atoms with van der Waals surface area (Å²) in [5, 5.41) is 10.9. The Morgan fingerprint density at radius 1 is 1.17 bits per heavy atom. The Labute approximate surface area is 132 Å². The first-order valence-electron chi connectivity index (χ1n) is 6.76. The lowest BCUT2D eigenvalue weighted by Crippen LogP contribution is -2.09. The summed E-state index contributed by atoms with van der Waals surface area (Å²) in [6, 6.07) is 12.4. The molecule has 0 radical (unpaired) electrons. The summed E-state index contributed by atoms with van der Waals surface area (Å²) in [7, 11) is -1.88. The fourth-order valence-corrected chi connectivity index (χ4v) is 3.69. The molecule has 8 heteroatoms. The summed E-state index contributed by atoms with van der Waals surface area (Å²) in [4.78, 5) is 14.9. The van der Waals surface area contributed by atoms with Crippen LogP contribution in [0.2, 0.25) is 0 Å². The van der Waals surface area contributed by atoms with Gasteiger partial charge in [-0.15, -0.1) is 0 Å². The maximum atomic E-state index is 12.4. The fraction of sp³-hybridized carbons (Fsp3) is 0.133. The zero-order valence-corrected chi connectivity index (χ0v) is 13.0. The van der Waals surface area contributed by atoms with Crippen molar-refractivity contribution in [3.63, 3.8) is 0 Å². The van der Waals surface area contributed by atoms with Gasteiger partial charge in [0.15, 0.2) is 9.84 Å². The number of benzene rings is 2. The standard InChI is InChI=1S/C15H13N3O4S/c1-17-14-9-11(18(19)20)7-8-13(14)16-15(17)10-23(21,22)12-5-3-2-4-6-12/h2-9H,10H2,1H3. The highest BCUT2D eigenvalue weighted by atomic mass is 32.2. The minimum absolute atomic E-state index is 0.0574. The molecule has 7 nitrogen and oxygen atoms in total. The molecule has 0 fully saturated rings. The molecular weight excluding hydrogens is 318 g/mol. The van der Waals surface area contributed by atoms with Crippen LogP contribution in [0.25, 0.3) is 11.0 Å². The summed E-state index contributed by atoms with van der Waals surface area (Å²) in [5.74, 6) is 0.0695. The van der Waals surface area contributed by atoms with Crippen molar-refractivity contribution in [1.82, 2.24) is 9.55 Å². The first kappa shape index (κ1) is 15.2. The van der Waals surface area contributed by atoms with E-state index in [0.717, 1.165) is 0 Å². The van der Waals surface area contributed by atoms with Gasteiger partial charge in [-0.2, -0.15) is 0 Å². The lowest BCUT2D eigenvalue weighted by Gasteiger charge is -2.04. The Balaban J connectivity index is 2.04. The van der Waals surface area contributed by atoms with E-state index in [1.807, 2.05) is 0 Å². The van der Waals surface area contributed by atoms with E-state index in [2.05, 4.69) is 4.98 Å². The van der Waals surface area contributed by atoms with Crippen LogP contribution in [0.4, 0.5) is 5.69 Å². The number of imidazole rings is 1. The van der Waals surface area contributed by atoms with Gasteiger partial charge in [-0.1, -0.05) is 18.2 Å². The van der Waals surface area contributed by atoms with E-state index in [1.54, 1.807) is 29.8 Å². The van der Waals surface area contributed by atoms with E-state index in [1.165, 1.54) is 30.3 Å². The molecule has 0 amide bonds. The number of fused-ring (bicyclic) bond motifs is 1. The number of rotatable bonds is 4. The molecule has 0 bridgehead atoms. The number of aromatic nitrogens is 2. The van der Waals surface area contributed by atoms with Crippen LogP contribution in [0.1, 0.15) is 5.82 Å². The third-order valence-corrected chi connectivity index (χ3v) is 5.22. The highest BCUT2D eigenvalue weighted by molar-refractivity contribution is 7.90. The predicted molar refractivity (Wildman–Crippen MR) is 84.7 cm³/mol. The molecule has 3 rings (SSSR count). The van der Waals surface area contributed by atoms with Gasteiger partial charge in [-0.3, -0.25) is 10.1 Å². The average Bonchev–Trinajstić information content (AvgIpc) is 2.83. The minimum atomic E-state index is -3.53. The van der Waals surface area contributed by atoms with E-state index in [0.29, 0.717) is 16.9 Å². The molecule has 0 unspecified atom stereocenters. The Morgan fingerprint density at radius 3 is 2.52 bits per heavy atom. The lowest BCUT2D eigenvalue weighted by atomic mass is 10.3. The number of non-ortho nitro benzene ring substituents is 1. The summed E-state index contributed by atoms with van der Waals surface area (Å²) >= 11 is 0. The van der Waals surface area contributed by atoms with E-state index in [4.69, 9.17) is 0 Å². The SMILES string of the molecule is Cn1c(CS(=O)(=O)c2ccccc2)nc2ccc([N+](=O)[O-])cc21. The largest absolute Gasteiger partial charge is 0.330 e. The van der Waals surface area contributed by atoms with Gasteiger partial charge in [-0.05, 0) is 18.2 Å². The summed E-state index contributed by atoms with van der Waals surface area (Å²) in [5.41, 5.74) is 0.992. The van der Waals surface area contributed by atoms with Crippen molar-refractivity contribution in [2.24, 2.45) is 7.05 Å². The van der Waals surface area contributed by atoms with Gasteiger partial charge in [0, 0.05) is 19.2 Å². The van der Waals surface area contributed by atoms with Crippen molar-refractivity contribution in [1.29, 1.82) is 0 Å². The fourth-order valence-electron chi connectivity index (χ4n) is 2.35. The molecule has 0 aliphatic carbocycles. The smallest absolute Gasteiger partial charge is 0.271 e. The molecule has 3 aromatic rings. The first-order chi connectivity index (χ1) is 10.9. The van der Waals surface area contributed by atoms with Gasteiger partial charge in [0.1, 0.15) is 11.6 Å². The van der Waals surface area contributed by atoms with Crippen molar-refractivity contribution >= 4 is 26.6 Å². The molecule has 118 valence electrons. The summed E-state index contributed by atoms with van der Waals surface area (Å²) in [6.07, 6.45) is 0. The number of aryl methyl sites for hydroxylation is 1. The Bertz CT molecular complexity index is 994. The van der Waals surface area contributed by atoms with Crippen LogP contribution in [-0.4, -0.2) is 22.9 Å². The van der Waals surface area contributed by atoms with Gasteiger partial charge in [0.2, 0.25) is 0 Å². The number of nitrogens with zero attached hydrogens (tertiary/aromatic N) is 3. The molecule has 0 aliphatic rings. The summed E-state index contributed by atoms with van der Waals surface area (Å²) < 4.78 is 26.5. The Morgan fingerprint density at radius 2 is 1.87 bits per heavy atom. The van der Waals surface area contributed by atoms with Crippen LogP contribution in [0.3, 0.4) is 0 Å². The van der Waals surface area contributed by atoms with E-state index >= 15 is 0 Å². The van der Waals surface area contributed by atoms with Gasteiger partial charge in [0.05, 0.1) is 20.9 Å². The molecule has 1 heterocycles. The average molecular weight is 331 g/mol. The lowest BCUT2D eigenvalue weighted by molar-refractivity contribution is -0.384. The van der Waals surface area contributed by atoms with Gasteiger partial charge < -0.3 is 4.57 Å². The monoisotopic (exact) mass is 331 g/mol. The number of hydrogen-bond donors (Lipinski definition) is 0. The maximum absolute atomic E-state index is 12.4. The van der Waals surface area contributed by atoms with Crippen molar-refractivity contribution in [2.45, 2.75) is 10.6 Å². The Hall–Kier alpha value is -2.74. The topological polar surface area (TPSA) is 95.1 Å². The molecule has 0 atom stereocenters. The number of nitro groups is 1. The van der Waals surface area contributed by atoms with Crippen molar-refractivity contribution in [3.8, 4) is 0 Å². The van der Waals surface area contributed by atoms with E-state index in [-0.39, 0.29) is 16.3 Å². The zero-order valence-electron chi connectivity index (χ0n) is 12.2. The van der Waals surface area contributed by atoms with Crippen molar-refractivity contribution in [3.05, 3.63) is 64.5 Å². The molecule has 0 aliphatic heterocycles. The number of nitro benzene ring substituents is 1. The summed E-state index contributed by atoms with van der Waals surface area (Å²) in [6.45, 7) is 0. The molecule has 0 saturated heterocycles.